The molecule has 0 saturated heterocycles. The summed E-state index contributed by atoms with van der Waals surface area (Å²) in [7, 11) is 0. The van der Waals surface area contributed by atoms with Crippen molar-refractivity contribution in [1.82, 2.24) is 5.43 Å². The first-order chi connectivity index (χ1) is 13.6. The number of hydrogen-bond donors (Lipinski definition) is 1. The quantitative estimate of drug-likeness (QED) is 0.425. The van der Waals surface area contributed by atoms with Gasteiger partial charge >= 0.3 is 0 Å². The number of carbonyl (C=O) groups excluding carboxylic acids is 1. The molecule has 0 fully saturated rings. The van der Waals surface area contributed by atoms with E-state index in [4.69, 9.17) is 4.74 Å². The van der Waals surface area contributed by atoms with E-state index in [0.29, 0.717) is 17.1 Å². The lowest BCUT2D eigenvalue weighted by molar-refractivity contribution is -0.384. The van der Waals surface area contributed by atoms with Gasteiger partial charge in [-0.05, 0) is 29.8 Å². The van der Waals surface area contributed by atoms with Crippen LogP contribution < -0.4 is 10.2 Å². The van der Waals surface area contributed by atoms with Gasteiger partial charge in [-0.3, -0.25) is 14.9 Å². The van der Waals surface area contributed by atoms with Gasteiger partial charge in [-0.25, -0.2) is 5.43 Å². The fourth-order valence-electron chi connectivity index (χ4n) is 3.11. The number of benzene rings is 3. The zero-order valence-corrected chi connectivity index (χ0v) is 14.6. The van der Waals surface area contributed by atoms with Gasteiger partial charge < -0.3 is 4.74 Å². The Bertz CT molecular complexity index is 1030. The lowest BCUT2D eigenvalue weighted by atomic mass is 9.87. The van der Waals surface area contributed by atoms with E-state index in [1.54, 1.807) is 12.1 Å². The molecule has 0 radical (unpaired) electrons. The van der Waals surface area contributed by atoms with Crippen molar-refractivity contribution >= 4 is 17.8 Å². The van der Waals surface area contributed by atoms with E-state index in [1.807, 2.05) is 48.5 Å². The molecule has 28 heavy (non-hydrogen) atoms. The first-order valence-corrected chi connectivity index (χ1v) is 8.56. The van der Waals surface area contributed by atoms with Crippen LogP contribution in [0.15, 0.2) is 77.9 Å². The number of rotatable bonds is 4. The number of nitro benzene ring substituents is 1. The molecule has 0 aliphatic carbocycles. The van der Waals surface area contributed by atoms with Crippen molar-refractivity contribution in [3.05, 3.63) is 99.6 Å². The number of carbonyl (C=O) groups is 1. The van der Waals surface area contributed by atoms with E-state index >= 15 is 0 Å². The molecule has 3 aromatic carbocycles. The van der Waals surface area contributed by atoms with Gasteiger partial charge in [0, 0.05) is 23.3 Å². The Kier molecular flexibility index (Phi) is 4.55. The van der Waals surface area contributed by atoms with E-state index in [-0.39, 0.29) is 11.6 Å². The predicted molar refractivity (Wildman–Crippen MR) is 104 cm³/mol. The molecule has 0 saturated carbocycles. The number of amides is 1. The van der Waals surface area contributed by atoms with Crippen LogP contribution >= 0.6 is 0 Å². The molecule has 0 aromatic heterocycles. The molecular formula is C21H15N3O4. The number of fused-ring (bicyclic) bond motifs is 2. The molecule has 138 valence electrons. The van der Waals surface area contributed by atoms with Gasteiger partial charge in [-0.15, -0.1) is 0 Å². The van der Waals surface area contributed by atoms with Crippen LogP contribution in [-0.2, 0) is 4.79 Å². The van der Waals surface area contributed by atoms with Gasteiger partial charge in [0.1, 0.15) is 11.5 Å². The summed E-state index contributed by atoms with van der Waals surface area (Å²) < 4.78 is 5.89. The molecule has 4 rings (SSSR count). The Morgan fingerprint density at radius 2 is 1.54 bits per heavy atom. The second kappa shape index (κ2) is 7.32. The smallest absolute Gasteiger partial charge is 0.269 e. The number of nitrogens with one attached hydrogen (secondary N) is 1. The highest BCUT2D eigenvalue weighted by Crippen LogP contribution is 2.43. The van der Waals surface area contributed by atoms with Crippen molar-refractivity contribution in [3.63, 3.8) is 0 Å². The van der Waals surface area contributed by atoms with Crippen LogP contribution in [0.5, 0.6) is 11.5 Å². The molecule has 1 aliphatic heterocycles. The van der Waals surface area contributed by atoms with E-state index in [9.17, 15) is 14.9 Å². The molecule has 1 aliphatic rings. The molecule has 3 aromatic rings. The highest BCUT2D eigenvalue weighted by Gasteiger charge is 2.32. The Morgan fingerprint density at radius 1 is 0.964 bits per heavy atom. The molecule has 0 spiro atoms. The largest absolute Gasteiger partial charge is 0.457 e. The van der Waals surface area contributed by atoms with Crippen LogP contribution in [0.3, 0.4) is 0 Å². The minimum Gasteiger partial charge on any atom is -0.457 e. The summed E-state index contributed by atoms with van der Waals surface area (Å²) in [6.07, 6.45) is 1.44. The number of nitrogens with zero attached hydrogens (tertiary/aromatic N) is 2. The fourth-order valence-corrected chi connectivity index (χ4v) is 3.11. The summed E-state index contributed by atoms with van der Waals surface area (Å²) in [5, 5.41) is 14.7. The fraction of sp³-hybridized carbons (Fsp3) is 0.0476. The van der Waals surface area contributed by atoms with Gasteiger partial charge in [0.2, 0.25) is 0 Å². The maximum Gasteiger partial charge on any atom is 0.269 e. The van der Waals surface area contributed by atoms with Gasteiger partial charge in [-0.2, -0.15) is 5.10 Å². The topological polar surface area (TPSA) is 93.8 Å². The summed E-state index contributed by atoms with van der Waals surface area (Å²) in [4.78, 5) is 23.1. The summed E-state index contributed by atoms with van der Waals surface area (Å²) >= 11 is 0. The van der Waals surface area contributed by atoms with E-state index in [1.165, 1.54) is 18.3 Å². The van der Waals surface area contributed by atoms with E-state index in [2.05, 4.69) is 10.5 Å². The lowest BCUT2D eigenvalue weighted by Gasteiger charge is -2.26. The SMILES string of the molecule is O=C(NN=Cc1ccc([N+](=O)[O-])cc1)C1c2ccccc2Oc2ccccc21. The van der Waals surface area contributed by atoms with Gasteiger partial charge in [0.15, 0.2) is 0 Å². The van der Waals surface area contributed by atoms with Crippen molar-refractivity contribution in [3.8, 4) is 11.5 Å². The number of non-ortho nitro benzene ring substituents is 1. The van der Waals surface area contributed by atoms with Gasteiger partial charge in [0.05, 0.1) is 17.1 Å². The first-order valence-electron chi connectivity index (χ1n) is 8.56. The molecule has 7 nitrogen and oxygen atoms in total. The highest BCUT2D eigenvalue weighted by atomic mass is 16.6. The molecule has 0 unspecified atom stereocenters. The number of para-hydroxylation sites is 2. The Hall–Kier alpha value is -4.00. The summed E-state index contributed by atoms with van der Waals surface area (Å²) in [5.41, 5.74) is 4.73. The van der Waals surface area contributed by atoms with Crippen LogP contribution in [0, 0.1) is 10.1 Å². The van der Waals surface area contributed by atoms with Crippen LogP contribution in [0.4, 0.5) is 5.69 Å². The molecule has 7 heteroatoms. The van der Waals surface area contributed by atoms with Crippen molar-refractivity contribution < 1.29 is 14.5 Å². The minimum absolute atomic E-state index is 0.00314. The second-order valence-electron chi connectivity index (χ2n) is 6.19. The number of nitro groups is 1. The average Bonchev–Trinajstić information content (AvgIpc) is 2.72. The minimum atomic E-state index is -0.546. The van der Waals surface area contributed by atoms with Crippen molar-refractivity contribution in [1.29, 1.82) is 0 Å². The third kappa shape index (κ3) is 3.33. The van der Waals surface area contributed by atoms with E-state index < -0.39 is 10.8 Å². The number of ether oxygens (including phenoxy) is 1. The maximum atomic E-state index is 12.9. The zero-order chi connectivity index (χ0) is 19.5. The van der Waals surface area contributed by atoms with E-state index in [0.717, 1.165) is 11.1 Å². The van der Waals surface area contributed by atoms with Gasteiger partial charge in [0.25, 0.3) is 11.6 Å². The zero-order valence-electron chi connectivity index (χ0n) is 14.6. The predicted octanol–water partition coefficient (Wildman–Crippen LogP) is 3.98. The standard InChI is InChI=1S/C21H15N3O4/c25-21(23-22-13-14-9-11-15(12-10-14)24(26)27)20-16-5-1-3-7-18(16)28-19-8-4-2-6-17(19)20/h1-13,20H,(H,23,25). The lowest BCUT2D eigenvalue weighted by Crippen LogP contribution is -2.28. The summed E-state index contributed by atoms with van der Waals surface area (Å²) in [5.74, 6) is 0.443. The van der Waals surface area contributed by atoms with Crippen molar-refractivity contribution in [2.75, 3.05) is 0 Å². The van der Waals surface area contributed by atoms with Crippen molar-refractivity contribution in [2.24, 2.45) is 5.10 Å². The molecule has 1 N–H and O–H groups in total. The van der Waals surface area contributed by atoms with Crippen LogP contribution in [-0.4, -0.2) is 17.0 Å². The first kappa shape index (κ1) is 17.4. The van der Waals surface area contributed by atoms with Crippen LogP contribution in [0.2, 0.25) is 0 Å². The number of hydrazone groups is 1. The van der Waals surface area contributed by atoms with Crippen LogP contribution in [0.25, 0.3) is 0 Å². The Labute approximate surface area is 160 Å². The van der Waals surface area contributed by atoms with Crippen molar-refractivity contribution in [2.45, 2.75) is 5.92 Å². The summed E-state index contributed by atoms with van der Waals surface area (Å²) in [6.45, 7) is 0. The molecule has 1 amide bonds. The second-order valence-corrected chi connectivity index (χ2v) is 6.19. The van der Waals surface area contributed by atoms with Crippen LogP contribution in [0.1, 0.15) is 22.6 Å². The third-order valence-corrected chi connectivity index (χ3v) is 4.43. The molecule has 0 atom stereocenters. The monoisotopic (exact) mass is 373 g/mol. The molecule has 0 bridgehead atoms. The summed E-state index contributed by atoms with van der Waals surface area (Å²) in [6, 6.07) is 20.7. The Morgan fingerprint density at radius 3 is 2.11 bits per heavy atom. The van der Waals surface area contributed by atoms with Gasteiger partial charge in [-0.1, -0.05) is 36.4 Å². The third-order valence-electron chi connectivity index (χ3n) is 4.43. The maximum absolute atomic E-state index is 12.9. The number of hydrogen-bond acceptors (Lipinski definition) is 5. The molecule has 1 heterocycles. The normalized spacial score (nSPS) is 12.7. The Balaban J connectivity index is 1.56. The highest BCUT2D eigenvalue weighted by molar-refractivity contribution is 5.90. The molecular weight excluding hydrogens is 358 g/mol. The average molecular weight is 373 g/mol.